The van der Waals surface area contributed by atoms with Crippen LogP contribution >= 0.6 is 0 Å². The lowest BCUT2D eigenvalue weighted by Gasteiger charge is -2.07. The van der Waals surface area contributed by atoms with Crippen molar-refractivity contribution in [2.75, 3.05) is 5.32 Å². The summed E-state index contributed by atoms with van der Waals surface area (Å²) in [6.07, 6.45) is 2.56. The summed E-state index contributed by atoms with van der Waals surface area (Å²) in [6, 6.07) is 11.5. The van der Waals surface area contributed by atoms with Crippen molar-refractivity contribution < 1.29 is 4.79 Å². The maximum atomic E-state index is 12.3. The van der Waals surface area contributed by atoms with Gasteiger partial charge in [0.05, 0.1) is 5.69 Å². The summed E-state index contributed by atoms with van der Waals surface area (Å²) in [4.78, 5) is 12.3. The number of hydrogen-bond acceptors (Lipinski definition) is 5. The predicted octanol–water partition coefficient (Wildman–Crippen LogP) is 2.81. The van der Waals surface area contributed by atoms with Crippen molar-refractivity contribution in [2.24, 2.45) is 0 Å². The SMILES string of the molecule is Cc1cccc(NC(=O)CCc2c(C)nn(-c3ccc4nncn4n3)c2C)c1. The molecule has 3 heterocycles. The topological polar surface area (TPSA) is 90.0 Å². The maximum absolute atomic E-state index is 12.3. The van der Waals surface area contributed by atoms with Gasteiger partial charge >= 0.3 is 0 Å². The monoisotopic (exact) mass is 375 g/mol. The summed E-state index contributed by atoms with van der Waals surface area (Å²) in [5, 5.41) is 19.9. The summed E-state index contributed by atoms with van der Waals surface area (Å²) < 4.78 is 3.41. The summed E-state index contributed by atoms with van der Waals surface area (Å²) >= 11 is 0. The second-order valence-corrected chi connectivity index (χ2v) is 6.80. The second kappa shape index (κ2) is 7.22. The van der Waals surface area contributed by atoms with Gasteiger partial charge < -0.3 is 5.32 Å². The van der Waals surface area contributed by atoms with Crippen molar-refractivity contribution >= 4 is 17.2 Å². The van der Waals surface area contributed by atoms with Crippen LogP contribution in [-0.4, -0.2) is 35.5 Å². The van der Waals surface area contributed by atoms with Crippen LogP contribution in [0, 0.1) is 20.8 Å². The smallest absolute Gasteiger partial charge is 0.224 e. The van der Waals surface area contributed by atoms with E-state index < -0.39 is 0 Å². The van der Waals surface area contributed by atoms with E-state index in [1.807, 2.05) is 57.2 Å². The number of carbonyl (C=O) groups is 1. The first-order chi connectivity index (χ1) is 13.5. The second-order valence-electron chi connectivity index (χ2n) is 6.80. The van der Waals surface area contributed by atoms with Crippen LogP contribution in [0.4, 0.5) is 5.69 Å². The molecule has 0 radical (unpaired) electrons. The molecule has 0 aliphatic rings. The molecule has 1 N–H and O–H groups in total. The Bertz CT molecular complexity index is 1160. The van der Waals surface area contributed by atoms with Crippen molar-refractivity contribution in [1.29, 1.82) is 0 Å². The average molecular weight is 375 g/mol. The molecular formula is C20H21N7O. The Kier molecular flexibility index (Phi) is 4.60. The van der Waals surface area contributed by atoms with Gasteiger partial charge in [0, 0.05) is 17.8 Å². The third-order valence-electron chi connectivity index (χ3n) is 4.71. The normalized spacial score (nSPS) is 11.1. The van der Waals surface area contributed by atoms with Crippen LogP contribution in [0.5, 0.6) is 0 Å². The molecule has 28 heavy (non-hydrogen) atoms. The number of rotatable bonds is 5. The fraction of sp³-hybridized carbons (Fsp3) is 0.250. The first-order valence-corrected chi connectivity index (χ1v) is 9.10. The molecule has 0 aliphatic heterocycles. The summed E-state index contributed by atoms with van der Waals surface area (Å²) in [7, 11) is 0. The van der Waals surface area contributed by atoms with Crippen LogP contribution in [0.2, 0.25) is 0 Å². The zero-order valence-corrected chi connectivity index (χ0v) is 16.0. The Labute approximate surface area is 162 Å². The number of anilines is 1. The van der Waals surface area contributed by atoms with Crippen LogP contribution in [0.1, 0.15) is 28.9 Å². The molecule has 0 unspecified atom stereocenters. The number of amides is 1. The molecule has 8 heteroatoms. The van der Waals surface area contributed by atoms with E-state index in [-0.39, 0.29) is 5.91 Å². The van der Waals surface area contributed by atoms with Crippen molar-refractivity contribution in [3.05, 3.63) is 65.2 Å². The Hall–Kier alpha value is -3.55. The highest BCUT2D eigenvalue weighted by molar-refractivity contribution is 5.90. The number of fused-ring (bicyclic) bond motifs is 1. The average Bonchev–Trinajstić information content (AvgIpc) is 3.24. The largest absolute Gasteiger partial charge is 0.326 e. The van der Waals surface area contributed by atoms with Gasteiger partial charge in [0.2, 0.25) is 5.91 Å². The number of aromatic nitrogens is 6. The van der Waals surface area contributed by atoms with Crippen molar-refractivity contribution in [3.8, 4) is 5.82 Å². The summed E-state index contributed by atoms with van der Waals surface area (Å²) in [5.41, 5.74) is 5.54. The first kappa shape index (κ1) is 17.8. The molecule has 0 spiro atoms. The standard InChI is InChI=1S/C20H21N7O/c1-13-5-4-6-16(11-13)22-20(28)10-7-17-14(2)24-27(15(17)3)19-9-8-18-23-21-12-26(18)25-19/h4-6,8-9,11-12H,7,10H2,1-3H3,(H,22,28). The highest BCUT2D eigenvalue weighted by atomic mass is 16.1. The van der Waals surface area contributed by atoms with E-state index in [2.05, 4.69) is 25.7 Å². The van der Waals surface area contributed by atoms with Crippen LogP contribution in [-0.2, 0) is 11.2 Å². The van der Waals surface area contributed by atoms with Crippen LogP contribution in [0.25, 0.3) is 11.5 Å². The fourth-order valence-corrected chi connectivity index (χ4v) is 3.28. The Morgan fingerprint density at radius 3 is 2.79 bits per heavy atom. The molecule has 3 aromatic heterocycles. The summed E-state index contributed by atoms with van der Waals surface area (Å²) in [6.45, 7) is 5.95. The molecular weight excluding hydrogens is 354 g/mol. The van der Waals surface area contributed by atoms with Crippen molar-refractivity contribution in [3.63, 3.8) is 0 Å². The van der Waals surface area contributed by atoms with Gasteiger partial charge in [-0.1, -0.05) is 12.1 Å². The van der Waals surface area contributed by atoms with Crippen LogP contribution in [0.15, 0.2) is 42.7 Å². The summed E-state index contributed by atoms with van der Waals surface area (Å²) in [5.74, 6) is 0.671. The molecule has 0 fully saturated rings. The third-order valence-corrected chi connectivity index (χ3v) is 4.71. The highest BCUT2D eigenvalue weighted by Crippen LogP contribution is 2.19. The lowest BCUT2D eigenvalue weighted by molar-refractivity contribution is -0.116. The van der Waals surface area contributed by atoms with Gasteiger partial charge in [0.25, 0.3) is 0 Å². The van der Waals surface area contributed by atoms with Crippen molar-refractivity contribution in [2.45, 2.75) is 33.6 Å². The van der Waals surface area contributed by atoms with Gasteiger partial charge in [-0.15, -0.1) is 15.3 Å². The molecule has 0 aliphatic carbocycles. The first-order valence-electron chi connectivity index (χ1n) is 9.10. The van der Waals surface area contributed by atoms with Crippen molar-refractivity contribution in [1.82, 2.24) is 29.6 Å². The zero-order chi connectivity index (χ0) is 19.7. The lowest BCUT2D eigenvalue weighted by atomic mass is 10.1. The minimum absolute atomic E-state index is 0.0128. The van der Waals surface area contributed by atoms with Gasteiger partial charge in [-0.05, 0) is 62.6 Å². The molecule has 8 nitrogen and oxygen atoms in total. The quantitative estimate of drug-likeness (QED) is 0.579. The van der Waals surface area contributed by atoms with E-state index >= 15 is 0 Å². The third kappa shape index (κ3) is 3.48. The molecule has 1 amide bonds. The zero-order valence-electron chi connectivity index (χ0n) is 16.0. The molecule has 0 atom stereocenters. The minimum atomic E-state index is -0.0128. The molecule has 4 rings (SSSR count). The molecule has 0 saturated carbocycles. The molecule has 1 aromatic carbocycles. The maximum Gasteiger partial charge on any atom is 0.224 e. The molecule has 0 bridgehead atoms. The number of nitrogens with one attached hydrogen (secondary N) is 1. The fourth-order valence-electron chi connectivity index (χ4n) is 3.28. The van der Waals surface area contributed by atoms with E-state index in [9.17, 15) is 4.79 Å². The predicted molar refractivity (Wildman–Crippen MR) is 106 cm³/mol. The van der Waals surface area contributed by atoms with Gasteiger partial charge in [0.1, 0.15) is 6.33 Å². The molecule has 0 saturated heterocycles. The van der Waals surface area contributed by atoms with E-state index in [4.69, 9.17) is 0 Å². The van der Waals surface area contributed by atoms with Crippen LogP contribution in [0.3, 0.4) is 0 Å². The van der Waals surface area contributed by atoms with Gasteiger partial charge in [-0.3, -0.25) is 4.79 Å². The number of nitrogens with zero attached hydrogens (tertiary/aromatic N) is 6. The number of carbonyl (C=O) groups excluding carboxylic acids is 1. The number of hydrogen-bond donors (Lipinski definition) is 1. The lowest BCUT2D eigenvalue weighted by Crippen LogP contribution is -2.13. The molecule has 4 aromatic rings. The minimum Gasteiger partial charge on any atom is -0.326 e. The van der Waals surface area contributed by atoms with E-state index in [1.165, 1.54) is 0 Å². The van der Waals surface area contributed by atoms with Crippen LogP contribution < -0.4 is 5.32 Å². The Balaban J connectivity index is 1.50. The Morgan fingerprint density at radius 2 is 1.96 bits per heavy atom. The van der Waals surface area contributed by atoms with E-state index in [1.54, 1.807) is 15.5 Å². The number of benzene rings is 1. The molecule has 142 valence electrons. The van der Waals surface area contributed by atoms with Gasteiger partial charge in [-0.25, -0.2) is 4.68 Å². The van der Waals surface area contributed by atoms with Gasteiger partial charge in [-0.2, -0.15) is 9.61 Å². The van der Waals surface area contributed by atoms with E-state index in [0.29, 0.717) is 24.3 Å². The Morgan fingerprint density at radius 1 is 1.11 bits per heavy atom. The van der Waals surface area contributed by atoms with Gasteiger partial charge in [0.15, 0.2) is 11.5 Å². The van der Waals surface area contributed by atoms with E-state index in [0.717, 1.165) is 28.2 Å². The number of aryl methyl sites for hydroxylation is 2. The highest BCUT2D eigenvalue weighted by Gasteiger charge is 2.15.